The van der Waals surface area contributed by atoms with Gasteiger partial charge in [-0.15, -0.1) is 26.4 Å². The van der Waals surface area contributed by atoms with Crippen LogP contribution in [-0.4, -0.2) is 26.4 Å². The van der Waals surface area contributed by atoms with Crippen molar-refractivity contribution in [3.05, 3.63) is 0 Å². The van der Waals surface area contributed by atoms with Gasteiger partial charge in [0.05, 0.1) is 0 Å². The third kappa shape index (κ3) is 4980. The largest absolute Gasteiger partial charge is 4.00 e. The van der Waals surface area contributed by atoms with Crippen LogP contribution in [0.2, 0.25) is 0 Å². The molecule has 5 heteroatoms. The first kappa shape index (κ1) is 29.2. The summed E-state index contributed by atoms with van der Waals surface area (Å²) in [6.45, 7) is 6.28. The smallest absolute Gasteiger partial charge is 0.855 e. The minimum atomic E-state index is 0. The predicted molar refractivity (Wildman–Crippen MR) is 42.2 cm³/mol. The molecule has 0 aliphatic rings. The van der Waals surface area contributed by atoms with Gasteiger partial charge in [-0.25, -0.2) is 0 Å². The second kappa shape index (κ2) is 81.2. The van der Waals surface area contributed by atoms with Crippen LogP contribution in [0.4, 0.5) is 0 Å². The summed E-state index contributed by atoms with van der Waals surface area (Å²) < 4.78 is 0. The Labute approximate surface area is 95.9 Å². The Bertz CT molecular complexity index is 24.1. The first-order valence-electron chi connectivity index (χ1n) is 3.98. The van der Waals surface area contributed by atoms with Gasteiger partial charge in [0, 0.05) is 0 Å². The molecule has 0 amide bonds. The van der Waals surface area contributed by atoms with Crippen molar-refractivity contribution in [1.82, 2.24) is 0 Å². The molecule has 13 heavy (non-hydrogen) atoms. The van der Waals surface area contributed by atoms with Crippen molar-refractivity contribution in [2.75, 3.05) is 26.4 Å². The van der Waals surface area contributed by atoms with Crippen LogP contribution in [0.5, 0.6) is 0 Å². The van der Waals surface area contributed by atoms with E-state index in [0.29, 0.717) is 0 Å². The summed E-state index contributed by atoms with van der Waals surface area (Å²) in [5.41, 5.74) is 0. The summed E-state index contributed by atoms with van der Waals surface area (Å²) in [4.78, 5) is 0. The minimum absolute atomic E-state index is 0. The van der Waals surface area contributed by atoms with Crippen LogP contribution >= 0.6 is 0 Å². The Hall–Kier alpha value is 0.528. The van der Waals surface area contributed by atoms with E-state index >= 15 is 0 Å². The van der Waals surface area contributed by atoms with Gasteiger partial charge in [0.2, 0.25) is 0 Å². The van der Waals surface area contributed by atoms with Crippen LogP contribution in [-0.2, 0) is 21.1 Å². The topological polar surface area (TPSA) is 92.2 Å². The molecule has 0 saturated carbocycles. The summed E-state index contributed by atoms with van der Waals surface area (Å²) in [5.74, 6) is 0. The maximum absolute atomic E-state index is 8.93. The normalized spacial score (nSPS) is 5.54. The van der Waals surface area contributed by atoms with E-state index in [0.717, 1.165) is 0 Å². The molecule has 0 bridgehead atoms. The maximum Gasteiger partial charge on any atom is 4.00 e. The summed E-state index contributed by atoms with van der Waals surface area (Å²) in [5, 5.41) is 35.7. The van der Waals surface area contributed by atoms with E-state index in [4.69, 9.17) is 20.4 Å². The van der Waals surface area contributed by atoms with E-state index in [1.54, 1.807) is 27.7 Å². The van der Waals surface area contributed by atoms with E-state index in [2.05, 4.69) is 0 Å². The van der Waals surface area contributed by atoms with Gasteiger partial charge >= 0.3 is 21.1 Å². The van der Waals surface area contributed by atoms with Crippen LogP contribution in [0.3, 0.4) is 0 Å². The molecular formula is C8H20O4Pt. The van der Waals surface area contributed by atoms with Gasteiger partial charge in [0.15, 0.2) is 0 Å². The van der Waals surface area contributed by atoms with Gasteiger partial charge in [-0.3, -0.25) is 0 Å². The van der Waals surface area contributed by atoms with Crippen LogP contribution in [0.25, 0.3) is 0 Å². The molecule has 0 spiro atoms. The van der Waals surface area contributed by atoms with Gasteiger partial charge < -0.3 is 20.4 Å². The van der Waals surface area contributed by atoms with Crippen LogP contribution < -0.4 is 20.4 Å². The Morgan fingerprint density at radius 1 is 0.538 bits per heavy atom. The van der Waals surface area contributed by atoms with Crippen molar-refractivity contribution >= 4 is 0 Å². The van der Waals surface area contributed by atoms with Gasteiger partial charge in [-0.05, 0) is 0 Å². The summed E-state index contributed by atoms with van der Waals surface area (Å²) in [6, 6.07) is 0. The molecule has 0 aromatic heterocycles. The number of rotatable bonds is 0. The minimum Gasteiger partial charge on any atom is -0.855 e. The predicted octanol–water partition coefficient (Wildman–Crippen LogP) is -2.54. The number of hydrogen-bond donors (Lipinski definition) is 0. The van der Waals surface area contributed by atoms with Crippen molar-refractivity contribution in [3.8, 4) is 0 Å². The van der Waals surface area contributed by atoms with E-state index in [9.17, 15) is 0 Å². The van der Waals surface area contributed by atoms with E-state index < -0.39 is 0 Å². The Morgan fingerprint density at radius 2 is 0.538 bits per heavy atom. The quantitative estimate of drug-likeness (QED) is 0.467. The monoisotopic (exact) mass is 375 g/mol. The second-order valence-electron chi connectivity index (χ2n) is 1.15. The first-order valence-corrected chi connectivity index (χ1v) is 3.98. The third-order valence-corrected chi connectivity index (χ3v) is 0. The maximum atomic E-state index is 8.93. The van der Waals surface area contributed by atoms with Crippen molar-refractivity contribution < 1.29 is 41.5 Å². The molecule has 0 fully saturated rings. The molecule has 0 saturated heterocycles. The van der Waals surface area contributed by atoms with Gasteiger partial charge in [-0.2, -0.15) is 0 Å². The molecule has 0 rings (SSSR count). The van der Waals surface area contributed by atoms with Crippen molar-refractivity contribution in [2.24, 2.45) is 0 Å². The fourth-order valence-electron chi connectivity index (χ4n) is 0. The Kier molecular flexibility index (Phi) is 182. The second-order valence-corrected chi connectivity index (χ2v) is 1.15. The average molecular weight is 375 g/mol. The zero-order chi connectivity index (χ0) is 10.8. The molecule has 0 aliphatic heterocycles. The fraction of sp³-hybridized carbons (Fsp3) is 1.00. The summed E-state index contributed by atoms with van der Waals surface area (Å²) in [7, 11) is 0. The SMILES string of the molecule is CC[O-].CC[O-].CC[O-].CC[O-].[Pt+4]. The Balaban J connectivity index is -0.0000000213. The fourth-order valence-corrected chi connectivity index (χ4v) is 0. The van der Waals surface area contributed by atoms with Crippen LogP contribution in [0.15, 0.2) is 0 Å². The Morgan fingerprint density at radius 3 is 0.538 bits per heavy atom. The molecule has 0 N–H and O–H groups in total. The molecule has 4 nitrogen and oxygen atoms in total. The molecule has 0 unspecified atom stereocenters. The standard InChI is InChI=1S/4C2H5O.Pt/c4*1-2-3;/h4*2H2,1H3;/q4*-1;+4. The number of hydrogen-bond acceptors (Lipinski definition) is 4. The molecule has 0 heterocycles. The summed E-state index contributed by atoms with van der Waals surface area (Å²) in [6.07, 6.45) is 0. The molecule has 0 atom stereocenters. The zero-order valence-electron chi connectivity index (χ0n) is 8.78. The molecule has 0 aliphatic carbocycles. The van der Waals surface area contributed by atoms with Gasteiger partial charge in [-0.1, -0.05) is 27.7 Å². The van der Waals surface area contributed by atoms with Crippen LogP contribution in [0, 0.1) is 0 Å². The zero-order valence-corrected chi connectivity index (χ0v) is 11.0. The van der Waals surface area contributed by atoms with Crippen molar-refractivity contribution in [1.29, 1.82) is 0 Å². The summed E-state index contributed by atoms with van der Waals surface area (Å²) >= 11 is 0. The molecule has 0 radical (unpaired) electrons. The third-order valence-electron chi connectivity index (χ3n) is 0. The molecule has 86 valence electrons. The molecular weight excluding hydrogens is 355 g/mol. The van der Waals surface area contributed by atoms with Gasteiger partial charge in [0.25, 0.3) is 0 Å². The van der Waals surface area contributed by atoms with Crippen LogP contribution in [0.1, 0.15) is 27.7 Å². The average Bonchev–Trinajstić information content (AvgIpc) is 1.92. The van der Waals surface area contributed by atoms with E-state index in [1.165, 1.54) is 0 Å². The van der Waals surface area contributed by atoms with Crippen molar-refractivity contribution in [2.45, 2.75) is 27.7 Å². The molecule has 0 aromatic rings. The van der Waals surface area contributed by atoms with E-state index in [1.807, 2.05) is 0 Å². The van der Waals surface area contributed by atoms with Gasteiger partial charge in [0.1, 0.15) is 0 Å². The first-order chi connectivity index (χ1) is 5.66. The van der Waals surface area contributed by atoms with Crippen molar-refractivity contribution in [3.63, 3.8) is 0 Å². The van der Waals surface area contributed by atoms with E-state index in [-0.39, 0.29) is 47.5 Å². The molecule has 0 aromatic carbocycles.